The lowest BCUT2D eigenvalue weighted by Gasteiger charge is -2.38. The van der Waals surface area contributed by atoms with Gasteiger partial charge in [0, 0.05) is 6.04 Å². The topological polar surface area (TPSA) is 76.3 Å². The highest BCUT2D eigenvalue weighted by Gasteiger charge is 2.34. The summed E-state index contributed by atoms with van der Waals surface area (Å²) in [6.07, 6.45) is 4.76. The molecule has 3 N–H and O–H groups in total. The molecule has 92 valence electrons. The maximum absolute atomic E-state index is 9.36. The van der Waals surface area contributed by atoms with E-state index in [1.54, 1.807) is 0 Å². The Bertz CT molecular complexity index is 238. The Labute approximate surface area is 97.3 Å². The summed E-state index contributed by atoms with van der Waals surface area (Å²) in [5, 5.41) is 31.1. The minimum absolute atomic E-state index is 0.0118. The van der Waals surface area contributed by atoms with Crippen molar-refractivity contribution in [2.24, 2.45) is 5.92 Å². The van der Waals surface area contributed by atoms with Gasteiger partial charge in [0.1, 0.15) is 0 Å². The van der Waals surface area contributed by atoms with Crippen molar-refractivity contribution in [2.45, 2.75) is 50.6 Å². The van der Waals surface area contributed by atoms with E-state index in [9.17, 15) is 10.2 Å². The smallest absolute Gasteiger partial charge is 0.0672 e. The molecule has 0 spiro atoms. The van der Waals surface area contributed by atoms with Crippen LogP contribution >= 0.6 is 0 Å². The van der Waals surface area contributed by atoms with E-state index in [1.807, 2.05) is 6.92 Å². The van der Waals surface area contributed by atoms with Gasteiger partial charge in [0.25, 0.3) is 0 Å². The quantitative estimate of drug-likeness (QED) is 0.648. The molecule has 4 nitrogen and oxygen atoms in total. The van der Waals surface area contributed by atoms with Gasteiger partial charge in [-0.05, 0) is 19.3 Å². The first-order valence-electron chi connectivity index (χ1n) is 6.10. The fourth-order valence-electron chi connectivity index (χ4n) is 2.32. The van der Waals surface area contributed by atoms with Crippen molar-refractivity contribution in [3.05, 3.63) is 0 Å². The first-order chi connectivity index (χ1) is 7.71. The van der Waals surface area contributed by atoms with E-state index in [0.29, 0.717) is 6.42 Å². The van der Waals surface area contributed by atoms with E-state index in [0.717, 1.165) is 25.7 Å². The number of aliphatic hydroxyl groups excluding tert-OH is 2. The summed E-state index contributed by atoms with van der Waals surface area (Å²) < 4.78 is 0. The van der Waals surface area contributed by atoms with E-state index in [-0.39, 0.29) is 25.2 Å². The summed E-state index contributed by atoms with van der Waals surface area (Å²) >= 11 is 0. The SMILES string of the molecule is CCC(CO)(CO)NC1CCCCC1C#N. The zero-order valence-electron chi connectivity index (χ0n) is 9.95. The summed E-state index contributed by atoms with van der Waals surface area (Å²) in [7, 11) is 0. The molecule has 2 atom stereocenters. The molecule has 0 aliphatic heterocycles. The van der Waals surface area contributed by atoms with Gasteiger partial charge >= 0.3 is 0 Å². The number of nitrogens with zero attached hydrogens (tertiary/aromatic N) is 1. The highest BCUT2D eigenvalue weighted by molar-refractivity contribution is 4.99. The van der Waals surface area contributed by atoms with E-state index in [4.69, 9.17) is 5.26 Å². The molecular formula is C12H22N2O2. The summed E-state index contributed by atoms with van der Waals surface area (Å²) in [6.45, 7) is 1.76. The third-order valence-electron chi connectivity index (χ3n) is 3.71. The lowest BCUT2D eigenvalue weighted by atomic mass is 9.83. The van der Waals surface area contributed by atoms with Gasteiger partial charge < -0.3 is 15.5 Å². The van der Waals surface area contributed by atoms with Crippen LogP contribution in [0.5, 0.6) is 0 Å². The second-order valence-corrected chi connectivity index (χ2v) is 4.72. The Kier molecular flexibility index (Phi) is 5.20. The van der Waals surface area contributed by atoms with Gasteiger partial charge in [-0.2, -0.15) is 5.26 Å². The van der Waals surface area contributed by atoms with Gasteiger partial charge in [-0.25, -0.2) is 0 Å². The van der Waals surface area contributed by atoms with Crippen molar-refractivity contribution in [1.82, 2.24) is 5.32 Å². The number of hydrogen-bond donors (Lipinski definition) is 3. The Balaban J connectivity index is 2.65. The van der Waals surface area contributed by atoms with E-state index in [2.05, 4.69) is 11.4 Å². The fraction of sp³-hybridized carbons (Fsp3) is 0.917. The maximum atomic E-state index is 9.36. The Morgan fingerprint density at radius 2 is 1.94 bits per heavy atom. The standard InChI is InChI=1S/C12H22N2O2/c1-2-12(8-15,9-16)14-11-6-4-3-5-10(11)7-13/h10-11,14-16H,2-6,8-9H2,1H3. The van der Waals surface area contributed by atoms with Crippen LogP contribution in [0.3, 0.4) is 0 Å². The third kappa shape index (κ3) is 2.94. The van der Waals surface area contributed by atoms with Crippen LogP contribution in [0.15, 0.2) is 0 Å². The molecule has 16 heavy (non-hydrogen) atoms. The van der Waals surface area contributed by atoms with Crippen LogP contribution in [-0.2, 0) is 0 Å². The Hall–Kier alpha value is -0.630. The largest absolute Gasteiger partial charge is 0.394 e. The normalized spacial score (nSPS) is 26.4. The van der Waals surface area contributed by atoms with Crippen LogP contribution in [0, 0.1) is 17.2 Å². The molecular weight excluding hydrogens is 204 g/mol. The first-order valence-corrected chi connectivity index (χ1v) is 6.10. The maximum Gasteiger partial charge on any atom is 0.0672 e. The van der Waals surface area contributed by atoms with Crippen LogP contribution < -0.4 is 5.32 Å². The number of aliphatic hydroxyl groups is 2. The van der Waals surface area contributed by atoms with Gasteiger partial charge in [0.2, 0.25) is 0 Å². The molecule has 0 saturated heterocycles. The molecule has 1 saturated carbocycles. The molecule has 2 unspecified atom stereocenters. The number of nitriles is 1. The van der Waals surface area contributed by atoms with E-state index < -0.39 is 5.54 Å². The monoisotopic (exact) mass is 226 g/mol. The molecule has 0 aromatic carbocycles. The van der Waals surface area contributed by atoms with Crippen LogP contribution in [0.2, 0.25) is 0 Å². The predicted octanol–water partition coefficient (Wildman–Crippen LogP) is 0.792. The van der Waals surface area contributed by atoms with E-state index in [1.165, 1.54) is 0 Å². The van der Waals surface area contributed by atoms with Crippen molar-refractivity contribution in [3.63, 3.8) is 0 Å². The molecule has 1 aliphatic rings. The average Bonchev–Trinajstić information content (AvgIpc) is 2.36. The molecule has 0 aromatic heterocycles. The first kappa shape index (κ1) is 13.4. The summed E-state index contributed by atoms with van der Waals surface area (Å²) in [4.78, 5) is 0. The number of hydrogen-bond acceptors (Lipinski definition) is 4. The second-order valence-electron chi connectivity index (χ2n) is 4.72. The molecule has 1 fully saturated rings. The van der Waals surface area contributed by atoms with Crippen LogP contribution in [0.25, 0.3) is 0 Å². The predicted molar refractivity (Wildman–Crippen MR) is 61.7 cm³/mol. The van der Waals surface area contributed by atoms with Crippen molar-refractivity contribution in [1.29, 1.82) is 5.26 Å². The average molecular weight is 226 g/mol. The van der Waals surface area contributed by atoms with Gasteiger partial charge in [0.15, 0.2) is 0 Å². The van der Waals surface area contributed by atoms with Crippen molar-refractivity contribution in [3.8, 4) is 6.07 Å². The fourth-order valence-corrected chi connectivity index (χ4v) is 2.32. The highest BCUT2D eigenvalue weighted by Crippen LogP contribution is 2.26. The number of rotatable bonds is 5. The lowest BCUT2D eigenvalue weighted by Crippen LogP contribution is -2.57. The summed E-state index contributed by atoms with van der Waals surface area (Å²) in [5.74, 6) is 0.0118. The zero-order valence-corrected chi connectivity index (χ0v) is 9.95. The van der Waals surface area contributed by atoms with E-state index >= 15 is 0 Å². The lowest BCUT2D eigenvalue weighted by molar-refractivity contribution is 0.0671. The van der Waals surface area contributed by atoms with Gasteiger partial charge in [0.05, 0.1) is 30.7 Å². The van der Waals surface area contributed by atoms with Crippen molar-refractivity contribution >= 4 is 0 Å². The number of nitrogens with one attached hydrogen (secondary N) is 1. The minimum Gasteiger partial charge on any atom is -0.394 e. The zero-order chi connectivity index (χ0) is 12.0. The van der Waals surface area contributed by atoms with Gasteiger partial charge in [-0.1, -0.05) is 19.8 Å². The van der Waals surface area contributed by atoms with Gasteiger partial charge in [-0.3, -0.25) is 0 Å². The second kappa shape index (κ2) is 6.19. The Morgan fingerprint density at radius 3 is 2.44 bits per heavy atom. The summed E-state index contributed by atoms with van der Waals surface area (Å²) in [5.41, 5.74) is -0.628. The molecule has 0 aromatic rings. The van der Waals surface area contributed by atoms with Crippen molar-refractivity contribution in [2.75, 3.05) is 13.2 Å². The summed E-state index contributed by atoms with van der Waals surface area (Å²) in [6, 6.07) is 2.43. The molecule has 0 amide bonds. The molecule has 0 heterocycles. The third-order valence-corrected chi connectivity index (χ3v) is 3.71. The van der Waals surface area contributed by atoms with Crippen molar-refractivity contribution < 1.29 is 10.2 Å². The highest BCUT2D eigenvalue weighted by atomic mass is 16.3. The van der Waals surface area contributed by atoms with Gasteiger partial charge in [-0.15, -0.1) is 0 Å². The molecule has 1 rings (SSSR count). The van der Waals surface area contributed by atoms with Crippen LogP contribution in [-0.4, -0.2) is 35.0 Å². The minimum atomic E-state index is -0.628. The Morgan fingerprint density at radius 1 is 1.31 bits per heavy atom. The molecule has 1 aliphatic carbocycles. The molecule has 0 bridgehead atoms. The molecule has 0 radical (unpaired) electrons. The molecule has 4 heteroatoms. The van der Waals surface area contributed by atoms with Crippen LogP contribution in [0.1, 0.15) is 39.0 Å². The van der Waals surface area contributed by atoms with Crippen LogP contribution in [0.4, 0.5) is 0 Å².